The number of allylic oxidation sites excluding steroid dienone is 1. The van der Waals surface area contributed by atoms with Gasteiger partial charge in [-0.1, -0.05) is 54.6 Å². The molecule has 5 heteroatoms. The number of hydrogen-bond donors (Lipinski definition) is 1. The van der Waals surface area contributed by atoms with Crippen molar-refractivity contribution in [3.63, 3.8) is 0 Å². The van der Waals surface area contributed by atoms with Crippen LogP contribution in [0.3, 0.4) is 0 Å². The molecule has 0 aliphatic carbocycles. The van der Waals surface area contributed by atoms with E-state index in [0.29, 0.717) is 0 Å². The van der Waals surface area contributed by atoms with Gasteiger partial charge >= 0.3 is 0 Å². The molecule has 0 heterocycles. The average Bonchev–Trinajstić information content (AvgIpc) is 2.54. The molecule has 0 aromatic heterocycles. The zero-order chi connectivity index (χ0) is 16.0. The van der Waals surface area contributed by atoms with E-state index in [4.69, 9.17) is 0 Å². The summed E-state index contributed by atoms with van der Waals surface area (Å²) in [5.74, 6) is -0.787. The van der Waals surface area contributed by atoms with Crippen molar-refractivity contribution in [2.75, 3.05) is 0 Å². The number of benzene rings is 2. The van der Waals surface area contributed by atoms with Crippen molar-refractivity contribution in [1.29, 1.82) is 0 Å². The highest BCUT2D eigenvalue weighted by atomic mass is 32.2. The summed E-state index contributed by atoms with van der Waals surface area (Å²) < 4.78 is 26.3. The van der Waals surface area contributed by atoms with E-state index in [-0.39, 0.29) is 17.2 Å². The molecule has 114 valence electrons. The van der Waals surface area contributed by atoms with E-state index in [1.807, 2.05) is 30.3 Å². The third-order valence-corrected chi connectivity index (χ3v) is 4.61. The molecule has 2 aromatic carbocycles. The Morgan fingerprint density at radius 1 is 1.05 bits per heavy atom. The number of carbonyl (C=O) groups excluding carboxylic acids is 1. The van der Waals surface area contributed by atoms with Gasteiger partial charge in [-0.15, -0.1) is 6.58 Å². The predicted octanol–water partition coefficient (Wildman–Crippen LogP) is 2.85. The van der Waals surface area contributed by atoms with Crippen molar-refractivity contribution in [3.05, 3.63) is 78.9 Å². The molecule has 2 aromatic rings. The monoisotopic (exact) mass is 315 g/mol. The lowest BCUT2D eigenvalue weighted by Gasteiger charge is -2.13. The summed E-state index contributed by atoms with van der Waals surface area (Å²) in [4.78, 5) is 12.1. The van der Waals surface area contributed by atoms with E-state index in [1.165, 1.54) is 12.1 Å². The van der Waals surface area contributed by atoms with Crippen LogP contribution in [0.5, 0.6) is 0 Å². The molecule has 1 atom stereocenters. The van der Waals surface area contributed by atoms with Gasteiger partial charge in [0.1, 0.15) is 0 Å². The lowest BCUT2D eigenvalue weighted by molar-refractivity contribution is -0.119. The predicted molar refractivity (Wildman–Crippen MR) is 85.8 cm³/mol. The average molecular weight is 315 g/mol. The van der Waals surface area contributed by atoms with Gasteiger partial charge in [-0.05, 0) is 17.7 Å². The molecule has 0 fully saturated rings. The Morgan fingerprint density at radius 3 is 2.14 bits per heavy atom. The third kappa shape index (κ3) is 4.05. The van der Waals surface area contributed by atoms with E-state index in [2.05, 4.69) is 11.3 Å². The summed E-state index contributed by atoms with van der Waals surface area (Å²) in [5.41, 5.74) is 0.921. The van der Waals surface area contributed by atoms with E-state index in [9.17, 15) is 13.2 Å². The van der Waals surface area contributed by atoms with Crippen molar-refractivity contribution < 1.29 is 13.2 Å². The Bertz CT molecular complexity index is 740. The van der Waals surface area contributed by atoms with E-state index in [0.717, 1.165) is 5.56 Å². The van der Waals surface area contributed by atoms with Gasteiger partial charge in [-0.2, -0.15) is 0 Å². The van der Waals surface area contributed by atoms with Gasteiger partial charge in [0.2, 0.25) is 5.91 Å². The molecule has 0 spiro atoms. The molecule has 22 heavy (non-hydrogen) atoms. The fourth-order valence-corrected chi connectivity index (χ4v) is 3.10. The SMILES string of the molecule is C=CC(CC(=O)NS(=O)(=O)c1ccccc1)c1ccccc1. The largest absolute Gasteiger partial charge is 0.274 e. The standard InChI is InChI=1S/C17H17NO3S/c1-2-14(15-9-5-3-6-10-15)13-17(19)18-22(20,21)16-11-7-4-8-12-16/h2-12,14H,1,13H2,(H,18,19). The molecule has 0 radical (unpaired) electrons. The van der Waals surface area contributed by atoms with Crippen LogP contribution in [0.4, 0.5) is 0 Å². The highest BCUT2D eigenvalue weighted by Crippen LogP contribution is 2.20. The Balaban J connectivity index is 2.08. The molecule has 2 rings (SSSR count). The number of hydrogen-bond acceptors (Lipinski definition) is 3. The summed E-state index contributed by atoms with van der Waals surface area (Å²) >= 11 is 0. The number of rotatable bonds is 6. The first kappa shape index (κ1) is 16.0. The van der Waals surface area contributed by atoms with Gasteiger partial charge in [0.05, 0.1) is 4.90 Å². The molecule has 1 amide bonds. The maximum Gasteiger partial charge on any atom is 0.264 e. The summed E-state index contributed by atoms with van der Waals surface area (Å²) in [6, 6.07) is 17.2. The number of nitrogens with one attached hydrogen (secondary N) is 1. The lowest BCUT2D eigenvalue weighted by atomic mass is 9.96. The van der Waals surface area contributed by atoms with Crippen molar-refractivity contribution in [1.82, 2.24) is 4.72 Å². The van der Waals surface area contributed by atoms with Crippen LogP contribution in [0.2, 0.25) is 0 Å². The third-order valence-electron chi connectivity index (χ3n) is 3.22. The fourth-order valence-electron chi connectivity index (χ4n) is 2.09. The van der Waals surface area contributed by atoms with Crippen LogP contribution in [-0.2, 0) is 14.8 Å². The molecule has 1 unspecified atom stereocenters. The van der Waals surface area contributed by atoms with Crippen molar-refractivity contribution >= 4 is 15.9 Å². The highest BCUT2D eigenvalue weighted by Gasteiger charge is 2.19. The van der Waals surface area contributed by atoms with Crippen LogP contribution in [0.15, 0.2) is 78.2 Å². The zero-order valence-corrected chi connectivity index (χ0v) is 12.8. The highest BCUT2D eigenvalue weighted by molar-refractivity contribution is 7.90. The van der Waals surface area contributed by atoms with Crippen LogP contribution in [0, 0.1) is 0 Å². The molecular weight excluding hydrogens is 298 g/mol. The molecule has 0 saturated heterocycles. The minimum absolute atomic E-state index is 0.0274. The van der Waals surface area contributed by atoms with Gasteiger partial charge in [0, 0.05) is 12.3 Å². The Morgan fingerprint density at radius 2 is 1.59 bits per heavy atom. The molecule has 0 bridgehead atoms. The molecule has 0 saturated carbocycles. The Labute approximate surface area is 130 Å². The molecule has 0 aliphatic heterocycles. The van der Waals surface area contributed by atoms with E-state index < -0.39 is 15.9 Å². The topological polar surface area (TPSA) is 63.2 Å². The van der Waals surface area contributed by atoms with E-state index in [1.54, 1.807) is 24.3 Å². The number of sulfonamides is 1. The van der Waals surface area contributed by atoms with Gasteiger partial charge in [0.25, 0.3) is 10.0 Å². The van der Waals surface area contributed by atoms with Gasteiger partial charge < -0.3 is 0 Å². The maximum atomic E-state index is 12.1. The molecular formula is C17H17NO3S. The zero-order valence-electron chi connectivity index (χ0n) is 12.0. The normalized spacial score (nSPS) is 12.4. The minimum atomic E-state index is -3.83. The summed E-state index contributed by atoms with van der Waals surface area (Å²) in [7, 11) is -3.83. The number of amides is 1. The van der Waals surface area contributed by atoms with Gasteiger partial charge in [0.15, 0.2) is 0 Å². The van der Waals surface area contributed by atoms with Gasteiger partial charge in [-0.3, -0.25) is 4.79 Å². The first-order chi connectivity index (χ1) is 10.5. The number of carbonyl (C=O) groups is 1. The van der Waals surface area contributed by atoms with Crippen LogP contribution >= 0.6 is 0 Å². The molecule has 0 aliphatic rings. The van der Waals surface area contributed by atoms with Crippen LogP contribution < -0.4 is 4.72 Å². The van der Waals surface area contributed by atoms with Crippen molar-refractivity contribution in [2.45, 2.75) is 17.2 Å². The van der Waals surface area contributed by atoms with Crippen molar-refractivity contribution in [2.24, 2.45) is 0 Å². The van der Waals surface area contributed by atoms with Crippen LogP contribution in [0.1, 0.15) is 17.9 Å². The van der Waals surface area contributed by atoms with E-state index >= 15 is 0 Å². The summed E-state index contributed by atoms with van der Waals surface area (Å²) in [6.45, 7) is 3.72. The summed E-state index contributed by atoms with van der Waals surface area (Å²) in [5, 5.41) is 0. The second-order valence-corrected chi connectivity index (χ2v) is 6.48. The fraction of sp³-hybridized carbons (Fsp3) is 0.118. The van der Waals surface area contributed by atoms with Gasteiger partial charge in [-0.25, -0.2) is 13.1 Å². The Hall–Kier alpha value is -2.40. The first-order valence-corrected chi connectivity index (χ1v) is 8.29. The lowest BCUT2D eigenvalue weighted by Crippen LogP contribution is -2.31. The quantitative estimate of drug-likeness (QED) is 0.834. The Kier molecular flexibility index (Phi) is 5.12. The van der Waals surface area contributed by atoms with Crippen molar-refractivity contribution in [3.8, 4) is 0 Å². The second kappa shape index (κ2) is 7.04. The molecule has 1 N–H and O–H groups in total. The smallest absolute Gasteiger partial charge is 0.264 e. The molecule has 4 nitrogen and oxygen atoms in total. The summed E-state index contributed by atoms with van der Waals surface area (Å²) in [6.07, 6.45) is 1.67. The minimum Gasteiger partial charge on any atom is -0.274 e. The maximum absolute atomic E-state index is 12.1. The second-order valence-electron chi connectivity index (χ2n) is 4.80. The van der Waals surface area contributed by atoms with Crippen LogP contribution in [0.25, 0.3) is 0 Å². The first-order valence-electron chi connectivity index (χ1n) is 6.81. The van der Waals surface area contributed by atoms with Crippen LogP contribution in [-0.4, -0.2) is 14.3 Å².